The van der Waals surface area contributed by atoms with E-state index in [0.717, 1.165) is 51.5 Å². The van der Waals surface area contributed by atoms with E-state index in [4.69, 9.17) is 4.74 Å². The van der Waals surface area contributed by atoms with Crippen LogP contribution in [-0.4, -0.2) is 62.2 Å². The monoisotopic (exact) mass is 333 g/mol. The maximum atomic E-state index is 5.84. The molecule has 1 heterocycles. The quantitative estimate of drug-likeness (QED) is 0.595. The number of rotatable bonds is 12. The molecule has 1 aromatic carbocycles. The van der Waals surface area contributed by atoms with Gasteiger partial charge in [0.05, 0.1) is 6.61 Å². The van der Waals surface area contributed by atoms with Gasteiger partial charge < -0.3 is 19.9 Å². The highest BCUT2D eigenvalue weighted by atomic mass is 16.5. The van der Waals surface area contributed by atoms with Gasteiger partial charge in [0.15, 0.2) is 0 Å². The molecule has 0 aromatic heterocycles. The molecule has 136 valence electrons. The minimum absolute atomic E-state index is 0.796. The summed E-state index contributed by atoms with van der Waals surface area (Å²) < 4.78 is 5.84. The van der Waals surface area contributed by atoms with Crippen LogP contribution in [0.5, 0.6) is 5.75 Å². The lowest BCUT2D eigenvalue weighted by Gasteiger charge is -2.17. The van der Waals surface area contributed by atoms with Crippen LogP contribution in [0.1, 0.15) is 38.7 Å². The van der Waals surface area contributed by atoms with Crippen LogP contribution in [0, 0.1) is 0 Å². The van der Waals surface area contributed by atoms with Crippen molar-refractivity contribution in [1.82, 2.24) is 15.1 Å². The molecule has 4 heteroatoms. The fourth-order valence-corrected chi connectivity index (χ4v) is 3.20. The molecule has 24 heavy (non-hydrogen) atoms. The molecule has 4 nitrogen and oxygen atoms in total. The van der Waals surface area contributed by atoms with Crippen molar-refractivity contribution in [3.63, 3.8) is 0 Å². The number of hydrogen-bond donors (Lipinski definition) is 1. The molecule has 0 bridgehead atoms. The molecule has 1 saturated heterocycles. The van der Waals surface area contributed by atoms with Gasteiger partial charge in [-0.2, -0.15) is 0 Å². The molecule has 1 fully saturated rings. The van der Waals surface area contributed by atoms with Crippen molar-refractivity contribution >= 4 is 0 Å². The number of nitrogens with one attached hydrogen (secondary N) is 1. The van der Waals surface area contributed by atoms with Crippen LogP contribution < -0.4 is 10.1 Å². The Kier molecular flexibility index (Phi) is 9.18. The molecular formula is C20H35N3O. The Morgan fingerprint density at radius 3 is 2.46 bits per heavy atom. The van der Waals surface area contributed by atoms with Crippen LogP contribution in [0.2, 0.25) is 0 Å². The van der Waals surface area contributed by atoms with Gasteiger partial charge in [-0.15, -0.1) is 0 Å². The highest BCUT2D eigenvalue weighted by Gasteiger charge is 2.09. The Hall–Kier alpha value is -1.10. The zero-order valence-electron chi connectivity index (χ0n) is 15.6. The van der Waals surface area contributed by atoms with E-state index >= 15 is 0 Å². The summed E-state index contributed by atoms with van der Waals surface area (Å²) >= 11 is 0. The molecule has 0 radical (unpaired) electrons. The first kappa shape index (κ1) is 19.2. The Morgan fingerprint density at radius 1 is 1.08 bits per heavy atom. The first-order valence-electron chi connectivity index (χ1n) is 9.69. The Bertz CT molecular complexity index is 396. The highest BCUT2D eigenvalue weighted by Crippen LogP contribution is 2.12. The number of nitrogens with zero attached hydrogens (tertiary/aromatic N) is 2. The summed E-state index contributed by atoms with van der Waals surface area (Å²) in [5, 5.41) is 3.54. The zero-order valence-corrected chi connectivity index (χ0v) is 15.6. The predicted octanol–water partition coefficient (Wildman–Crippen LogP) is 2.98. The van der Waals surface area contributed by atoms with E-state index in [1.807, 2.05) is 0 Å². The van der Waals surface area contributed by atoms with E-state index in [0.29, 0.717) is 0 Å². The second kappa shape index (κ2) is 11.5. The molecular weight excluding hydrogens is 298 g/mol. The van der Waals surface area contributed by atoms with Crippen LogP contribution in [0.15, 0.2) is 24.3 Å². The Morgan fingerprint density at radius 2 is 1.79 bits per heavy atom. The maximum absolute atomic E-state index is 5.84. The molecule has 2 rings (SSSR count). The first-order chi connectivity index (χ1) is 11.8. The third-order valence-electron chi connectivity index (χ3n) is 4.84. The van der Waals surface area contributed by atoms with Crippen LogP contribution >= 0.6 is 0 Å². The average Bonchev–Trinajstić information content (AvgIpc) is 3.13. The molecule has 0 saturated carbocycles. The predicted molar refractivity (Wildman–Crippen MR) is 102 cm³/mol. The van der Waals surface area contributed by atoms with Gasteiger partial charge >= 0.3 is 0 Å². The summed E-state index contributed by atoms with van der Waals surface area (Å²) in [4.78, 5) is 4.97. The summed E-state index contributed by atoms with van der Waals surface area (Å²) in [5.41, 5.74) is 1.33. The summed E-state index contributed by atoms with van der Waals surface area (Å²) in [6.07, 6.45) is 3.83. The highest BCUT2D eigenvalue weighted by molar-refractivity contribution is 5.27. The lowest BCUT2D eigenvalue weighted by molar-refractivity contribution is 0.249. The summed E-state index contributed by atoms with van der Waals surface area (Å²) in [7, 11) is 0. The number of benzene rings is 1. The molecule has 1 aromatic rings. The number of likely N-dealkylation sites (tertiary alicyclic amines) is 1. The van der Waals surface area contributed by atoms with Crippen molar-refractivity contribution in [3.05, 3.63) is 29.8 Å². The second-order valence-corrected chi connectivity index (χ2v) is 6.60. The summed E-state index contributed by atoms with van der Waals surface area (Å²) in [6, 6.07) is 8.52. The van der Waals surface area contributed by atoms with Crippen molar-refractivity contribution in [1.29, 1.82) is 0 Å². The zero-order chi connectivity index (χ0) is 17.0. The average molecular weight is 334 g/mol. The lowest BCUT2D eigenvalue weighted by atomic mass is 10.2. The van der Waals surface area contributed by atoms with Gasteiger partial charge in [-0.1, -0.05) is 26.0 Å². The van der Waals surface area contributed by atoms with E-state index in [1.165, 1.54) is 38.0 Å². The van der Waals surface area contributed by atoms with Crippen molar-refractivity contribution in [3.8, 4) is 5.75 Å². The van der Waals surface area contributed by atoms with Crippen LogP contribution in [-0.2, 0) is 6.54 Å². The minimum atomic E-state index is 0.796. The third-order valence-corrected chi connectivity index (χ3v) is 4.84. The first-order valence-corrected chi connectivity index (χ1v) is 9.69. The van der Waals surface area contributed by atoms with Gasteiger partial charge in [0.1, 0.15) is 5.75 Å². The van der Waals surface area contributed by atoms with E-state index in [2.05, 4.69) is 53.2 Å². The molecule has 0 spiro atoms. The molecule has 0 unspecified atom stereocenters. The van der Waals surface area contributed by atoms with Crippen LogP contribution in [0.25, 0.3) is 0 Å². The topological polar surface area (TPSA) is 27.7 Å². The summed E-state index contributed by atoms with van der Waals surface area (Å²) in [6.45, 7) is 14.3. The van der Waals surface area contributed by atoms with Crippen LogP contribution in [0.3, 0.4) is 0 Å². The fourth-order valence-electron chi connectivity index (χ4n) is 3.20. The molecule has 1 N–H and O–H groups in total. The van der Waals surface area contributed by atoms with E-state index in [9.17, 15) is 0 Å². The molecule has 1 aliphatic rings. The van der Waals surface area contributed by atoms with E-state index in [1.54, 1.807) is 0 Å². The van der Waals surface area contributed by atoms with E-state index < -0.39 is 0 Å². The smallest absolute Gasteiger partial charge is 0.119 e. The number of hydrogen-bond acceptors (Lipinski definition) is 4. The normalized spacial score (nSPS) is 15.3. The van der Waals surface area contributed by atoms with Crippen molar-refractivity contribution in [2.75, 3.05) is 52.4 Å². The van der Waals surface area contributed by atoms with Crippen molar-refractivity contribution in [2.24, 2.45) is 0 Å². The van der Waals surface area contributed by atoms with Gasteiger partial charge in [0.2, 0.25) is 0 Å². The minimum Gasteiger partial charge on any atom is -0.494 e. The van der Waals surface area contributed by atoms with E-state index in [-0.39, 0.29) is 0 Å². The number of ether oxygens (including phenoxy) is 1. The third kappa shape index (κ3) is 7.20. The van der Waals surface area contributed by atoms with Gasteiger partial charge in [-0.3, -0.25) is 0 Å². The molecule has 0 aliphatic carbocycles. The fraction of sp³-hybridized carbons (Fsp3) is 0.700. The van der Waals surface area contributed by atoms with Crippen molar-refractivity contribution in [2.45, 2.75) is 39.7 Å². The Labute approximate surface area is 148 Å². The standard InChI is InChI=1S/C20H35N3O/c1-3-22(4-2)15-7-17-24-20-10-8-19(9-11-20)18-21-12-16-23-13-5-6-14-23/h8-11,21H,3-7,12-18H2,1-2H3. The van der Waals surface area contributed by atoms with Crippen LogP contribution in [0.4, 0.5) is 0 Å². The van der Waals surface area contributed by atoms with Gasteiger partial charge in [0, 0.05) is 26.2 Å². The Balaban J connectivity index is 1.56. The molecule has 0 atom stereocenters. The lowest BCUT2D eigenvalue weighted by Crippen LogP contribution is -2.29. The largest absolute Gasteiger partial charge is 0.494 e. The SMILES string of the molecule is CCN(CC)CCCOc1ccc(CNCCN2CCCC2)cc1. The van der Waals surface area contributed by atoms with Gasteiger partial charge in [0.25, 0.3) is 0 Å². The maximum Gasteiger partial charge on any atom is 0.119 e. The molecule has 0 amide bonds. The van der Waals surface area contributed by atoms with Gasteiger partial charge in [-0.25, -0.2) is 0 Å². The second-order valence-electron chi connectivity index (χ2n) is 6.60. The molecule has 1 aliphatic heterocycles. The summed E-state index contributed by atoms with van der Waals surface area (Å²) in [5.74, 6) is 0.982. The van der Waals surface area contributed by atoms with Crippen molar-refractivity contribution < 1.29 is 4.74 Å². The van der Waals surface area contributed by atoms with Gasteiger partial charge in [-0.05, 0) is 63.1 Å².